The van der Waals surface area contributed by atoms with Gasteiger partial charge in [0.25, 0.3) is 5.72 Å². The Morgan fingerprint density at radius 3 is 2.42 bits per heavy atom. The summed E-state index contributed by atoms with van der Waals surface area (Å²) in [5.41, 5.74) is -2.93. The Balaban J connectivity index is 2.42. The molecule has 8 heteroatoms. The normalized spacial score (nSPS) is 23.4. The SMILES string of the molecule is CC(=O)N1N=C(c2ccncc2)C[C@]1(O)C(F)(F)F. The van der Waals surface area contributed by atoms with Gasteiger partial charge in [0.15, 0.2) is 0 Å². The number of carbonyl (C=O) groups is 1. The lowest BCUT2D eigenvalue weighted by Crippen LogP contribution is -2.56. The van der Waals surface area contributed by atoms with E-state index in [4.69, 9.17) is 0 Å². The molecule has 1 N–H and O–H groups in total. The van der Waals surface area contributed by atoms with Gasteiger partial charge < -0.3 is 5.11 Å². The molecule has 0 saturated carbocycles. The Morgan fingerprint density at radius 1 is 1.42 bits per heavy atom. The van der Waals surface area contributed by atoms with E-state index >= 15 is 0 Å². The molecular weight excluding hydrogens is 263 g/mol. The van der Waals surface area contributed by atoms with Gasteiger partial charge in [-0.3, -0.25) is 9.78 Å². The van der Waals surface area contributed by atoms with Crippen LogP contribution in [0.5, 0.6) is 0 Å². The Morgan fingerprint density at radius 2 is 2.00 bits per heavy atom. The van der Waals surface area contributed by atoms with E-state index in [1.54, 1.807) is 0 Å². The third-order valence-electron chi connectivity index (χ3n) is 2.75. The number of carbonyl (C=O) groups excluding carboxylic acids is 1. The van der Waals surface area contributed by atoms with Crippen LogP contribution in [0.4, 0.5) is 13.2 Å². The zero-order valence-corrected chi connectivity index (χ0v) is 9.85. The summed E-state index contributed by atoms with van der Waals surface area (Å²) >= 11 is 0. The first kappa shape index (κ1) is 13.5. The molecule has 19 heavy (non-hydrogen) atoms. The minimum Gasteiger partial charge on any atom is -0.362 e. The molecule has 0 aliphatic carbocycles. The molecule has 0 spiro atoms. The fourth-order valence-corrected chi connectivity index (χ4v) is 1.80. The molecule has 0 radical (unpaired) electrons. The van der Waals surface area contributed by atoms with Crippen LogP contribution in [0.25, 0.3) is 0 Å². The summed E-state index contributed by atoms with van der Waals surface area (Å²) in [6.45, 7) is 0.912. The van der Waals surface area contributed by atoms with Crippen LogP contribution in [-0.4, -0.2) is 38.6 Å². The molecule has 0 saturated heterocycles. The van der Waals surface area contributed by atoms with Crippen LogP contribution in [0.2, 0.25) is 0 Å². The van der Waals surface area contributed by atoms with E-state index in [1.807, 2.05) is 0 Å². The second-order valence-corrected chi connectivity index (χ2v) is 4.10. The number of aromatic nitrogens is 1. The van der Waals surface area contributed by atoms with Gasteiger partial charge in [0.2, 0.25) is 5.91 Å². The first-order chi connectivity index (χ1) is 8.75. The summed E-state index contributed by atoms with van der Waals surface area (Å²) in [7, 11) is 0. The second-order valence-electron chi connectivity index (χ2n) is 4.10. The van der Waals surface area contributed by atoms with E-state index in [1.165, 1.54) is 24.5 Å². The largest absolute Gasteiger partial charge is 0.438 e. The zero-order valence-electron chi connectivity index (χ0n) is 9.85. The number of hydrogen-bond acceptors (Lipinski definition) is 4. The van der Waals surface area contributed by atoms with Crippen LogP contribution in [0.1, 0.15) is 18.9 Å². The third-order valence-corrected chi connectivity index (χ3v) is 2.75. The molecule has 0 aromatic carbocycles. The molecule has 102 valence electrons. The van der Waals surface area contributed by atoms with Gasteiger partial charge in [-0.2, -0.15) is 23.3 Å². The monoisotopic (exact) mass is 273 g/mol. The van der Waals surface area contributed by atoms with Crippen LogP contribution >= 0.6 is 0 Å². The number of pyridine rings is 1. The predicted octanol–water partition coefficient (Wildman–Crippen LogP) is 1.29. The molecular formula is C11H10F3N3O2. The van der Waals surface area contributed by atoms with E-state index in [9.17, 15) is 23.1 Å². The lowest BCUT2D eigenvalue weighted by atomic mass is 10.0. The summed E-state index contributed by atoms with van der Waals surface area (Å²) in [5.74, 6) is -0.983. The number of rotatable bonds is 1. The second kappa shape index (κ2) is 4.30. The highest BCUT2D eigenvalue weighted by Crippen LogP contribution is 2.41. The van der Waals surface area contributed by atoms with E-state index in [0.717, 1.165) is 6.92 Å². The van der Waals surface area contributed by atoms with E-state index in [-0.39, 0.29) is 10.7 Å². The van der Waals surface area contributed by atoms with Crippen molar-refractivity contribution in [1.29, 1.82) is 0 Å². The first-order valence-corrected chi connectivity index (χ1v) is 5.33. The van der Waals surface area contributed by atoms with Crippen molar-refractivity contribution in [3.05, 3.63) is 30.1 Å². The Kier molecular flexibility index (Phi) is 3.05. The lowest BCUT2D eigenvalue weighted by Gasteiger charge is -2.31. The molecule has 1 aliphatic rings. The molecule has 2 rings (SSSR count). The van der Waals surface area contributed by atoms with Gasteiger partial charge in [0.1, 0.15) is 0 Å². The highest BCUT2D eigenvalue weighted by atomic mass is 19.4. The maximum atomic E-state index is 12.9. The van der Waals surface area contributed by atoms with Crippen molar-refractivity contribution < 1.29 is 23.1 Å². The number of alkyl halides is 3. The molecule has 0 bridgehead atoms. The average molecular weight is 273 g/mol. The zero-order chi connectivity index (χ0) is 14.3. The molecule has 5 nitrogen and oxygen atoms in total. The average Bonchev–Trinajstić information content (AvgIpc) is 2.69. The summed E-state index contributed by atoms with van der Waals surface area (Å²) in [6.07, 6.45) is -3.01. The lowest BCUT2D eigenvalue weighted by molar-refractivity contribution is -0.301. The van der Waals surface area contributed by atoms with Crippen LogP contribution in [0.15, 0.2) is 29.6 Å². The highest BCUT2D eigenvalue weighted by molar-refractivity contribution is 6.03. The van der Waals surface area contributed by atoms with Crippen molar-refractivity contribution in [3.63, 3.8) is 0 Å². The summed E-state index contributed by atoms with van der Waals surface area (Å²) in [5, 5.41) is 13.4. The van der Waals surface area contributed by atoms with Gasteiger partial charge >= 0.3 is 6.18 Å². The Bertz CT molecular complexity index is 530. The number of hydrogen-bond donors (Lipinski definition) is 1. The van der Waals surface area contributed by atoms with Crippen molar-refractivity contribution in [2.75, 3.05) is 0 Å². The van der Waals surface area contributed by atoms with Crippen molar-refractivity contribution >= 4 is 11.6 Å². The fraction of sp³-hybridized carbons (Fsp3) is 0.364. The van der Waals surface area contributed by atoms with Gasteiger partial charge in [-0.05, 0) is 12.1 Å². The predicted molar refractivity (Wildman–Crippen MR) is 58.9 cm³/mol. The van der Waals surface area contributed by atoms with Crippen LogP contribution in [-0.2, 0) is 4.79 Å². The Labute approximate surface area is 106 Å². The number of hydrazone groups is 1. The van der Waals surface area contributed by atoms with Gasteiger partial charge in [-0.15, -0.1) is 0 Å². The molecule has 1 aromatic heterocycles. The number of nitrogens with zero attached hydrogens (tertiary/aromatic N) is 3. The molecule has 1 atom stereocenters. The smallest absolute Gasteiger partial charge is 0.362 e. The minimum atomic E-state index is -4.99. The molecule has 1 aliphatic heterocycles. The molecule has 1 amide bonds. The van der Waals surface area contributed by atoms with Crippen molar-refractivity contribution in [2.24, 2.45) is 5.10 Å². The summed E-state index contributed by atoms with van der Waals surface area (Å²) in [4.78, 5) is 15.0. The Hall–Kier alpha value is -1.96. The van der Waals surface area contributed by atoms with Crippen molar-refractivity contribution in [2.45, 2.75) is 25.2 Å². The van der Waals surface area contributed by atoms with Crippen molar-refractivity contribution in [1.82, 2.24) is 9.99 Å². The van der Waals surface area contributed by atoms with Crippen LogP contribution in [0.3, 0.4) is 0 Å². The fourth-order valence-electron chi connectivity index (χ4n) is 1.80. The first-order valence-electron chi connectivity index (χ1n) is 5.33. The van der Waals surface area contributed by atoms with Gasteiger partial charge in [-0.1, -0.05) is 0 Å². The standard InChI is InChI=1S/C11H10F3N3O2/c1-7(18)17-10(19,11(12,13)14)6-9(16-17)8-2-4-15-5-3-8/h2-5,19H,6H2,1H3/t10-/m0/s1. The molecule has 0 fully saturated rings. The van der Waals surface area contributed by atoms with Gasteiger partial charge in [0.05, 0.1) is 12.1 Å². The molecule has 2 heterocycles. The quantitative estimate of drug-likeness (QED) is 0.838. The van der Waals surface area contributed by atoms with E-state index in [0.29, 0.717) is 5.56 Å². The van der Waals surface area contributed by atoms with Crippen LogP contribution in [0, 0.1) is 0 Å². The maximum Gasteiger partial charge on any atom is 0.438 e. The van der Waals surface area contributed by atoms with Gasteiger partial charge in [-0.25, -0.2) is 0 Å². The number of aliphatic hydroxyl groups is 1. The van der Waals surface area contributed by atoms with E-state index < -0.39 is 24.2 Å². The maximum absolute atomic E-state index is 12.9. The van der Waals surface area contributed by atoms with Gasteiger partial charge in [0, 0.05) is 24.9 Å². The highest BCUT2D eigenvalue weighted by Gasteiger charge is 2.62. The third kappa shape index (κ3) is 2.19. The minimum absolute atomic E-state index is 0.0163. The molecule has 1 aromatic rings. The topological polar surface area (TPSA) is 65.8 Å². The van der Waals surface area contributed by atoms with Crippen molar-refractivity contribution in [3.8, 4) is 0 Å². The summed E-state index contributed by atoms with van der Waals surface area (Å²) in [6, 6.07) is 2.92. The molecule has 0 unspecified atom stereocenters. The van der Waals surface area contributed by atoms with E-state index in [2.05, 4.69) is 10.1 Å². The summed E-state index contributed by atoms with van der Waals surface area (Å²) < 4.78 is 38.7. The van der Waals surface area contributed by atoms with Crippen LogP contribution < -0.4 is 0 Å². The number of halogens is 3. The number of amides is 1.